The Hall–Kier alpha value is -1.30. The number of hydrogen-bond acceptors (Lipinski definition) is 4. The van der Waals surface area contributed by atoms with Crippen molar-refractivity contribution in [3.63, 3.8) is 0 Å². The zero-order chi connectivity index (χ0) is 19.4. The van der Waals surface area contributed by atoms with Crippen molar-refractivity contribution in [1.82, 2.24) is 0 Å². The second kappa shape index (κ2) is 6.64. The molecule has 4 aliphatic rings. The van der Waals surface area contributed by atoms with Gasteiger partial charge in [-0.2, -0.15) is 0 Å². The lowest BCUT2D eigenvalue weighted by Gasteiger charge is -2.58. The molecule has 0 radical (unpaired) electrons. The van der Waals surface area contributed by atoms with Crippen LogP contribution in [-0.2, 0) is 14.3 Å². The van der Waals surface area contributed by atoms with Crippen LogP contribution >= 0.6 is 23.2 Å². The molecule has 5 rings (SSSR count). The minimum absolute atomic E-state index is 0.304. The molecule has 2 unspecified atom stereocenters. The molecule has 0 spiro atoms. The predicted octanol–water partition coefficient (Wildman–Crippen LogP) is 4.19. The minimum Gasteiger partial charge on any atom is -0.452 e. The number of hydrogen-bond donors (Lipinski definition) is 2. The molecule has 2 N–H and O–H groups in total. The van der Waals surface area contributed by atoms with Crippen LogP contribution in [0.25, 0.3) is 0 Å². The van der Waals surface area contributed by atoms with E-state index in [0.717, 1.165) is 32.1 Å². The van der Waals surface area contributed by atoms with Crippen molar-refractivity contribution in [3.05, 3.63) is 28.2 Å². The molecule has 4 fully saturated rings. The van der Waals surface area contributed by atoms with E-state index in [4.69, 9.17) is 27.9 Å². The van der Waals surface area contributed by atoms with E-state index >= 15 is 0 Å². The Kier molecular flexibility index (Phi) is 4.68. The highest BCUT2D eigenvalue weighted by molar-refractivity contribution is 6.39. The van der Waals surface area contributed by atoms with Crippen molar-refractivity contribution >= 4 is 40.8 Å². The van der Waals surface area contributed by atoms with E-state index in [2.05, 4.69) is 5.32 Å². The van der Waals surface area contributed by atoms with Gasteiger partial charge in [0.15, 0.2) is 6.10 Å². The van der Waals surface area contributed by atoms with Gasteiger partial charge in [-0.3, -0.25) is 9.59 Å². The molecule has 1 amide bonds. The SMILES string of the molecule is C[C@H](OC(=O)C12C[C@@H]3C[C@@H](CC(O)(C3)C1)C2)C(=O)Nc1c(Cl)cccc1Cl. The Balaban J connectivity index is 1.44. The Morgan fingerprint density at radius 3 is 2.33 bits per heavy atom. The quantitative estimate of drug-likeness (QED) is 0.727. The number of esters is 1. The maximum atomic E-state index is 13.0. The topological polar surface area (TPSA) is 75.6 Å². The summed E-state index contributed by atoms with van der Waals surface area (Å²) in [7, 11) is 0. The summed E-state index contributed by atoms with van der Waals surface area (Å²) in [5.41, 5.74) is -1.10. The van der Waals surface area contributed by atoms with E-state index in [9.17, 15) is 14.7 Å². The molecule has 0 heterocycles. The molecule has 27 heavy (non-hydrogen) atoms. The third kappa shape index (κ3) is 3.45. The largest absolute Gasteiger partial charge is 0.452 e. The average molecular weight is 412 g/mol. The Labute approximate surface area is 168 Å². The van der Waals surface area contributed by atoms with Crippen molar-refractivity contribution in [3.8, 4) is 0 Å². The molecule has 0 aromatic heterocycles. The van der Waals surface area contributed by atoms with Crippen molar-refractivity contribution in [2.75, 3.05) is 5.32 Å². The summed E-state index contributed by atoms with van der Waals surface area (Å²) in [6, 6.07) is 4.92. The van der Waals surface area contributed by atoms with E-state index < -0.39 is 23.0 Å². The number of ether oxygens (including phenoxy) is 1. The smallest absolute Gasteiger partial charge is 0.312 e. The molecule has 1 aromatic rings. The fourth-order valence-corrected chi connectivity index (χ4v) is 6.13. The standard InChI is InChI=1S/C20H23Cl2NO4/c1-11(17(24)23-16-14(21)3-2-4-15(16)22)27-18(25)19-6-12-5-13(7-19)9-20(26,8-12)10-19/h2-4,11-13,26H,5-10H2,1H3,(H,23,24)/t11-,12-,13+,19?,20?/m0/s1. The molecule has 0 aliphatic heterocycles. The fourth-order valence-electron chi connectivity index (χ4n) is 5.63. The summed E-state index contributed by atoms with van der Waals surface area (Å²) < 4.78 is 5.55. The highest BCUT2D eigenvalue weighted by Gasteiger charge is 2.61. The number of anilines is 1. The first-order chi connectivity index (χ1) is 12.7. The van der Waals surface area contributed by atoms with Gasteiger partial charge >= 0.3 is 5.97 Å². The van der Waals surface area contributed by atoms with Gasteiger partial charge in [0.2, 0.25) is 0 Å². The van der Waals surface area contributed by atoms with E-state index in [0.29, 0.717) is 34.0 Å². The monoisotopic (exact) mass is 411 g/mol. The van der Waals surface area contributed by atoms with E-state index in [1.807, 2.05) is 0 Å². The van der Waals surface area contributed by atoms with Gasteiger partial charge in [0, 0.05) is 0 Å². The van der Waals surface area contributed by atoms with Crippen LogP contribution in [0.1, 0.15) is 45.4 Å². The molecule has 5 nitrogen and oxygen atoms in total. The number of amides is 1. The van der Waals surface area contributed by atoms with Crippen molar-refractivity contribution < 1.29 is 19.4 Å². The summed E-state index contributed by atoms with van der Waals surface area (Å²) in [5.74, 6) is -0.116. The van der Waals surface area contributed by atoms with Gasteiger partial charge < -0.3 is 15.2 Å². The van der Waals surface area contributed by atoms with Crippen LogP contribution in [0.15, 0.2) is 18.2 Å². The third-order valence-electron chi connectivity index (χ3n) is 6.33. The third-order valence-corrected chi connectivity index (χ3v) is 6.96. The van der Waals surface area contributed by atoms with Crippen LogP contribution in [-0.4, -0.2) is 28.7 Å². The summed E-state index contributed by atoms with van der Waals surface area (Å²) in [4.78, 5) is 25.5. The Morgan fingerprint density at radius 2 is 1.78 bits per heavy atom. The number of halogens is 2. The number of aliphatic hydroxyl groups is 1. The van der Waals surface area contributed by atoms with Crippen molar-refractivity contribution in [1.29, 1.82) is 0 Å². The van der Waals surface area contributed by atoms with Gasteiger partial charge in [0.1, 0.15) is 0 Å². The highest BCUT2D eigenvalue weighted by atomic mass is 35.5. The second-order valence-corrected chi connectivity index (χ2v) is 9.41. The maximum Gasteiger partial charge on any atom is 0.312 e. The second-order valence-electron chi connectivity index (χ2n) is 8.60. The number of para-hydroxylation sites is 1. The zero-order valence-electron chi connectivity index (χ0n) is 15.1. The first-order valence-corrected chi connectivity index (χ1v) is 10.1. The average Bonchev–Trinajstić information content (AvgIpc) is 2.55. The van der Waals surface area contributed by atoms with Crippen molar-refractivity contribution in [2.45, 2.75) is 57.2 Å². The van der Waals surface area contributed by atoms with Crippen LogP contribution < -0.4 is 5.32 Å². The molecule has 4 aliphatic carbocycles. The summed E-state index contributed by atoms with van der Waals surface area (Å²) in [6.07, 6.45) is 3.59. The van der Waals surface area contributed by atoms with Crippen LogP contribution in [0.4, 0.5) is 5.69 Å². The first-order valence-electron chi connectivity index (χ1n) is 9.38. The van der Waals surface area contributed by atoms with Gasteiger partial charge in [-0.25, -0.2) is 0 Å². The lowest BCUT2D eigenvalue weighted by molar-refractivity contribution is -0.199. The van der Waals surface area contributed by atoms with Crippen molar-refractivity contribution in [2.24, 2.45) is 17.3 Å². The number of nitrogens with one attached hydrogen (secondary N) is 1. The fraction of sp³-hybridized carbons (Fsp3) is 0.600. The van der Waals surface area contributed by atoms with Gasteiger partial charge in [-0.15, -0.1) is 0 Å². The molecule has 146 valence electrons. The van der Waals surface area contributed by atoms with Crippen LogP contribution in [0.2, 0.25) is 10.0 Å². The Bertz CT molecular complexity index is 762. The molecule has 4 bridgehead atoms. The number of benzene rings is 1. The summed E-state index contributed by atoms with van der Waals surface area (Å²) >= 11 is 12.2. The predicted molar refractivity (Wildman–Crippen MR) is 103 cm³/mol. The zero-order valence-corrected chi connectivity index (χ0v) is 16.6. The van der Waals surface area contributed by atoms with Gasteiger partial charge in [0.05, 0.1) is 26.7 Å². The molecule has 7 heteroatoms. The summed E-state index contributed by atoms with van der Waals surface area (Å²) in [6.45, 7) is 1.53. The molecule has 1 aromatic carbocycles. The maximum absolute atomic E-state index is 13.0. The first kappa shape index (κ1) is 19.0. The minimum atomic E-state index is -0.979. The summed E-state index contributed by atoms with van der Waals surface area (Å²) in [5, 5.41) is 14.1. The molecule has 5 atom stereocenters. The van der Waals surface area contributed by atoms with Gasteiger partial charge in [0.25, 0.3) is 5.91 Å². The lowest BCUT2D eigenvalue weighted by Crippen LogP contribution is -2.59. The number of carbonyl (C=O) groups is 2. The lowest BCUT2D eigenvalue weighted by atomic mass is 9.48. The molecule has 4 saturated carbocycles. The normalized spacial score (nSPS) is 35.0. The van der Waals surface area contributed by atoms with Crippen LogP contribution in [0, 0.1) is 17.3 Å². The van der Waals surface area contributed by atoms with E-state index in [1.54, 1.807) is 18.2 Å². The van der Waals surface area contributed by atoms with E-state index in [-0.39, 0.29) is 5.97 Å². The Morgan fingerprint density at radius 1 is 1.19 bits per heavy atom. The van der Waals surface area contributed by atoms with Crippen LogP contribution in [0.3, 0.4) is 0 Å². The number of rotatable bonds is 4. The van der Waals surface area contributed by atoms with Gasteiger partial charge in [-0.1, -0.05) is 29.3 Å². The van der Waals surface area contributed by atoms with Gasteiger partial charge in [-0.05, 0) is 69.4 Å². The molecular weight excluding hydrogens is 389 g/mol. The number of carbonyl (C=O) groups excluding carboxylic acids is 2. The molecular formula is C20H23Cl2NO4. The van der Waals surface area contributed by atoms with Crippen LogP contribution in [0.5, 0.6) is 0 Å². The van der Waals surface area contributed by atoms with E-state index in [1.165, 1.54) is 6.92 Å². The molecule has 0 saturated heterocycles. The highest BCUT2D eigenvalue weighted by Crippen LogP contribution is 2.62.